The molecule has 2 aromatic rings. The van der Waals surface area contributed by atoms with Crippen LogP contribution in [0.5, 0.6) is 0 Å². The highest BCUT2D eigenvalue weighted by molar-refractivity contribution is 6.30. The van der Waals surface area contributed by atoms with E-state index in [4.69, 9.17) is 11.6 Å². The fourth-order valence-electron chi connectivity index (χ4n) is 2.93. The topological polar surface area (TPSA) is 22.0 Å². The van der Waals surface area contributed by atoms with Gasteiger partial charge in [-0.25, -0.2) is 0 Å². The number of Topliss-reactive ketones (excluding diaryl/α,β-unsaturated/α-hetero) is 1. The summed E-state index contributed by atoms with van der Waals surface area (Å²) >= 11 is 6.02. The average molecular weight is 274 g/mol. The third-order valence-electron chi connectivity index (χ3n) is 3.80. The normalized spacial score (nSPS) is 14.6. The minimum absolute atomic E-state index is 0.273. The van der Waals surface area contributed by atoms with E-state index in [2.05, 4.69) is 18.4 Å². The molecule has 0 atom stereocenters. The summed E-state index contributed by atoms with van der Waals surface area (Å²) in [6.45, 7) is 4.11. The second kappa shape index (κ2) is 4.53. The van der Waals surface area contributed by atoms with Crippen molar-refractivity contribution in [2.45, 2.75) is 33.1 Å². The van der Waals surface area contributed by atoms with E-state index in [1.165, 1.54) is 0 Å². The zero-order valence-electron chi connectivity index (χ0n) is 11.2. The van der Waals surface area contributed by atoms with Gasteiger partial charge in [0.25, 0.3) is 0 Å². The highest BCUT2D eigenvalue weighted by atomic mass is 35.5. The number of rotatable bonds is 1. The summed E-state index contributed by atoms with van der Waals surface area (Å²) in [5.41, 5.74) is 5.42. The first-order valence-electron chi connectivity index (χ1n) is 6.59. The van der Waals surface area contributed by atoms with Crippen molar-refractivity contribution in [3.8, 4) is 5.69 Å². The molecule has 1 heterocycles. The van der Waals surface area contributed by atoms with E-state index in [1.54, 1.807) is 0 Å². The van der Waals surface area contributed by atoms with Crippen LogP contribution in [0.1, 0.15) is 40.2 Å². The third kappa shape index (κ3) is 2.00. The van der Waals surface area contributed by atoms with Crippen molar-refractivity contribution in [2.24, 2.45) is 0 Å². The van der Waals surface area contributed by atoms with Crippen molar-refractivity contribution < 1.29 is 4.79 Å². The van der Waals surface area contributed by atoms with Gasteiger partial charge < -0.3 is 4.57 Å². The second-order valence-electron chi connectivity index (χ2n) is 5.19. The van der Waals surface area contributed by atoms with E-state index < -0.39 is 0 Å². The van der Waals surface area contributed by atoms with Crippen molar-refractivity contribution in [3.63, 3.8) is 0 Å². The maximum absolute atomic E-state index is 12.0. The van der Waals surface area contributed by atoms with Crippen LogP contribution >= 0.6 is 11.6 Å². The number of ketones is 1. The van der Waals surface area contributed by atoms with Crippen molar-refractivity contribution in [3.05, 3.63) is 51.8 Å². The predicted molar refractivity (Wildman–Crippen MR) is 77.5 cm³/mol. The Balaban J connectivity index is 2.23. The molecule has 0 radical (unpaired) electrons. The Morgan fingerprint density at radius 3 is 2.68 bits per heavy atom. The number of carbonyl (C=O) groups is 1. The van der Waals surface area contributed by atoms with Gasteiger partial charge in [0.05, 0.1) is 0 Å². The molecular formula is C16H16ClNO. The lowest BCUT2D eigenvalue weighted by atomic mass is 9.96. The standard InChI is InChI=1S/C16H16ClNO/c1-10-8-12(17)6-7-14(10)18-11(2)9-13-15(18)4-3-5-16(13)19/h6-9H,3-5H2,1-2H3. The van der Waals surface area contributed by atoms with Gasteiger partial charge in [0.15, 0.2) is 5.78 Å². The van der Waals surface area contributed by atoms with Gasteiger partial charge in [0.2, 0.25) is 0 Å². The molecule has 3 heteroatoms. The Hall–Kier alpha value is -1.54. The summed E-state index contributed by atoms with van der Waals surface area (Å²) in [6.07, 6.45) is 2.59. The average Bonchev–Trinajstić information content (AvgIpc) is 2.68. The smallest absolute Gasteiger partial charge is 0.164 e. The van der Waals surface area contributed by atoms with E-state index in [9.17, 15) is 4.79 Å². The molecule has 19 heavy (non-hydrogen) atoms. The van der Waals surface area contributed by atoms with Crippen molar-refractivity contribution >= 4 is 17.4 Å². The fraction of sp³-hybridized carbons (Fsp3) is 0.312. The lowest BCUT2D eigenvalue weighted by Gasteiger charge is -2.17. The Morgan fingerprint density at radius 1 is 1.16 bits per heavy atom. The Kier molecular flexibility index (Phi) is 2.98. The van der Waals surface area contributed by atoms with Crippen LogP contribution in [0, 0.1) is 13.8 Å². The summed E-state index contributed by atoms with van der Waals surface area (Å²) in [6, 6.07) is 7.92. The summed E-state index contributed by atoms with van der Waals surface area (Å²) in [5, 5.41) is 0.746. The van der Waals surface area contributed by atoms with Gasteiger partial charge in [-0.05, 0) is 56.5 Å². The van der Waals surface area contributed by atoms with Crippen LogP contribution in [-0.4, -0.2) is 10.4 Å². The zero-order chi connectivity index (χ0) is 13.6. The second-order valence-corrected chi connectivity index (χ2v) is 5.63. The lowest BCUT2D eigenvalue weighted by Crippen LogP contribution is -2.13. The van der Waals surface area contributed by atoms with Crippen LogP contribution < -0.4 is 0 Å². The third-order valence-corrected chi connectivity index (χ3v) is 4.04. The van der Waals surface area contributed by atoms with Crippen molar-refractivity contribution in [1.29, 1.82) is 0 Å². The van der Waals surface area contributed by atoms with Crippen LogP contribution in [0.15, 0.2) is 24.3 Å². The SMILES string of the molecule is Cc1cc(Cl)ccc1-n1c(C)cc2c1CCCC2=O. The number of aromatic nitrogens is 1. The minimum Gasteiger partial charge on any atom is -0.317 e. The van der Waals surface area contributed by atoms with Gasteiger partial charge in [-0.1, -0.05) is 11.6 Å². The van der Waals surface area contributed by atoms with Crippen LogP contribution in [-0.2, 0) is 6.42 Å². The Labute approximate surface area is 118 Å². The predicted octanol–water partition coefficient (Wildman–Crippen LogP) is 4.27. The lowest BCUT2D eigenvalue weighted by molar-refractivity contribution is 0.0972. The first-order chi connectivity index (χ1) is 9.08. The van der Waals surface area contributed by atoms with E-state index in [1.807, 2.05) is 24.3 Å². The van der Waals surface area contributed by atoms with E-state index in [-0.39, 0.29) is 5.78 Å². The summed E-state index contributed by atoms with van der Waals surface area (Å²) < 4.78 is 2.21. The molecule has 0 saturated carbocycles. The number of fused-ring (bicyclic) bond motifs is 1. The number of carbonyl (C=O) groups excluding carboxylic acids is 1. The molecule has 0 fully saturated rings. The molecular weight excluding hydrogens is 258 g/mol. The highest BCUT2D eigenvalue weighted by Crippen LogP contribution is 2.30. The molecule has 1 aliphatic rings. The Morgan fingerprint density at radius 2 is 1.95 bits per heavy atom. The molecule has 98 valence electrons. The maximum atomic E-state index is 12.0. The number of halogens is 1. The number of aryl methyl sites for hydroxylation is 2. The molecule has 0 bridgehead atoms. The molecule has 1 aromatic heterocycles. The molecule has 0 aliphatic heterocycles. The van der Waals surface area contributed by atoms with Crippen molar-refractivity contribution in [2.75, 3.05) is 0 Å². The van der Waals surface area contributed by atoms with Gasteiger partial charge in [-0.2, -0.15) is 0 Å². The van der Waals surface area contributed by atoms with E-state index >= 15 is 0 Å². The van der Waals surface area contributed by atoms with Gasteiger partial charge in [-0.3, -0.25) is 4.79 Å². The summed E-state index contributed by atoms with van der Waals surface area (Å²) in [7, 11) is 0. The Bertz CT molecular complexity index is 670. The molecule has 1 aromatic carbocycles. The maximum Gasteiger partial charge on any atom is 0.164 e. The number of nitrogens with zero attached hydrogens (tertiary/aromatic N) is 1. The first-order valence-corrected chi connectivity index (χ1v) is 6.96. The number of hydrogen-bond donors (Lipinski definition) is 0. The van der Waals surface area contributed by atoms with Gasteiger partial charge in [0.1, 0.15) is 0 Å². The van der Waals surface area contributed by atoms with Gasteiger partial charge >= 0.3 is 0 Å². The largest absolute Gasteiger partial charge is 0.317 e. The van der Waals surface area contributed by atoms with Crippen molar-refractivity contribution in [1.82, 2.24) is 4.57 Å². The van der Waals surface area contributed by atoms with Gasteiger partial charge in [-0.15, -0.1) is 0 Å². The van der Waals surface area contributed by atoms with Gasteiger partial charge in [0, 0.05) is 34.1 Å². The monoisotopic (exact) mass is 273 g/mol. The molecule has 0 amide bonds. The molecule has 1 aliphatic carbocycles. The molecule has 0 saturated heterocycles. The molecule has 3 rings (SSSR count). The van der Waals surface area contributed by atoms with E-state index in [0.717, 1.165) is 46.1 Å². The summed E-state index contributed by atoms with van der Waals surface area (Å²) in [4.78, 5) is 12.0. The fourth-order valence-corrected chi connectivity index (χ4v) is 3.16. The zero-order valence-corrected chi connectivity index (χ0v) is 11.9. The van der Waals surface area contributed by atoms with Crippen LogP contribution in [0.2, 0.25) is 5.02 Å². The molecule has 0 unspecified atom stereocenters. The van der Waals surface area contributed by atoms with E-state index in [0.29, 0.717) is 6.42 Å². The number of benzene rings is 1. The molecule has 0 N–H and O–H groups in total. The molecule has 0 spiro atoms. The minimum atomic E-state index is 0.273. The highest BCUT2D eigenvalue weighted by Gasteiger charge is 2.23. The molecule has 2 nitrogen and oxygen atoms in total. The van der Waals surface area contributed by atoms with Crippen LogP contribution in [0.3, 0.4) is 0 Å². The van der Waals surface area contributed by atoms with Crippen LogP contribution in [0.4, 0.5) is 0 Å². The number of hydrogen-bond acceptors (Lipinski definition) is 1. The first kappa shape index (κ1) is 12.5. The summed E-state index contributed by atoms with van der Waals surface area (Å²) in [5.74, 6) is 0.273. The quantitative estimate of drug-likeness (QED) is 0.761. The van der Waals surface area contributed by atoms with Crippen LogP contribution in [0.25, 0.3) is 5.69 Å².